The van der Waals surface area contributed by atoms with E-state index in [0.717, 1.165) is 12.8 Å². The van der Waals surface area contributed by atoms with Gasteiger partial charge in [-0.25, -0.2) is 4.39 Å². The number of rotatable bonds is 7. The Morgan fingerprint density at radius 2 is 1.79 bits per heavy atom. The molecule has 0 radical (unpaired) electrons. The predicted octanol–water partition coefficient (Wildman–Crippen LogP) is 5.62. The molecule has 1 N–H and O–H groups in total. The number of aliphatic carboxylic acids is 1. The lowest BCUT2D eigenvalue weighted by molar-refractivity contribution is -0.146. The highest BCUT2D eigenvalue weighted by atomic mass is 19.1. The Balaban J connectivity index is 1.97. The van der Waals surface area contributed by atoms with Crippen LogP contribution in [0.2, 0.25) is 0 Å². The standard InChI is InChI=1S/C23H27FO4/c1-23(2,22(26)27)13-20(25)18-12-19(24)16-10-6-7-11-17(16)21(18)28-14-15-8-4-3-5-9-15/h6-7,10-12,15H,3-5,8-9,13-14H2,1-2H3,(H,26,27). The zero-order valence-electron chi connectivity index (χ0n) is 16.5. The van der Waals surface area contributed by atoms with Crippen LogP contribution in [0.1, 0.15) is 62.7 Å². The van der Waals surface area contributed by atoms with Crippen LogP contribution in [-0.4, -0.2) is 23.5 Å². The molecule has 0 heterocycles. The first kappa shape index (κ1) is 20.3. The van der Waals surface area contributed by atoms with Crippen LogP contribution in [0.3, 0.4) is 0 Å². The second kappa shape index (κ2) is 8.29. The van der Waals surface area contributed by atoms with E-state index < -0.39 is 23.0 Å². The van der Waals surface area contributed by atoms with E-state index in [-0.39, 0.29) is 12.0 Å². The summed E-state index contributed by atoms with van der Waals surface area (Å²) in [4.78, 5) is 24.3. The Morgan fingerprint density at radius 3 is 2.43 bits per heavy atom. The van der Waals surface area contributed by atoms with Gasteiger partial charge in [-0.1, -0.05) is 43.5 Å². The lowest BCUT2D eigenvalue weighted by atomic mass is 9.85. The summed E-state index contributed by atoms with van der Waals surface area (Å²) in [5.74, 6) is -1.19. The fourth-order valence-electron chi connectivity index (χ4n) is 3.79. The topological polar surface area (TPSA) is 63.6 Å². The van der Waals surface area contributed by atoms with Crippen molar-refractivity contribution in [2.24, 2.45) is 11.3 Å². The lowest BCUT2D eigenvalue weighted by Crippen LogP contribution is -2.27. The lowest BCUT2D eigenvalue weighted by Gasteiger charge is -2.24. The molecular formula is C23H27FO4. The number of halogens is 1. The summed E-state index contributed by atoms with van der Waals surface area (Å²) >= 11 is 0. The zero-order chi connectivity index (χ0) is 20.3. The van der Waals surface area contributed by atoms with Crippen molar-refractivity contribution >= 4 is 22.5 Å². The van der Waals surface area contributed by atoms with Gasteiger partial charge in [0.05, 0.1) is 17.6 Å². The van der Waals surface area contributed by atoms with Crippen LogP contribution in [-0.2, 0) is 4.79 Å². The van der Waals surface area contributed by atoms with Crippen LogP contribution in [0.25, 0.3) is 10.8 Å². The maximum Gasteiger partial charge on any atom is 0.309 e. The molecule has 1 fully saturated rings. The van der Waals surface area contributed by atoms with E-state index in [1.54, 1.807) is 24.3 Å². The molecule has 3 rings (SSSR count). The highest BCUT2D eigenvalue weighted by Gasteiger charge is 2.32. The van der Waals surface area contributed by atoms with Crippen LogP contribution < -0.4 is 4.74 Å². The number of fused-ring (bicyclic) bond motifs is 1. The van der Waals surface area contributed by atoms with Gasteiger partial charge < -0.3 is 9.84 Å². The van der Waals surface area contributed by atoms with Gasteiger partial charge in [0.1, 0.15) is 11.6 Å². The molecule has 0 atom stereocenters. The summed E-state index contributed by atoms with van der Waals surface area (Å²) in [5.41, 5.74) is -1.11. The van der Waals surface area contributed by atoms with Crippen molar-refractivity contribution in [2.75, 3.05) is 6.61 Å². The summed E-state index contributed by atoms with van der Waals surface area (Å²) in [6, 6.07) is 8.12. The summed E-state index contributed by atoms with van der Waals surface area (Å²) in [5, 5.41) is 10.3. The number of hydrogen-bond acceptors (Lipinski definition) is 3. The fraction of sp³-hybridized carbons (Fsp3) is 0.478. The minimum atomic E-state index is -1.24. The molecule has 4 nitrogen and oxygen atoms in total. The minimum absolute atomic E-state index is 0.126. The van der Waals surface area contributed by atoms with Gasteiger partial charge in [-0.2, -0.15) is 0 Å². The molecule has 0 aromatic heterocycles. The third-order valence-corrected chi connectivity index (χ3v) is 5.61. The molecule has 28 heavy (non-hydrogen) atoms. The Labute approximate surface area is 164 Å². The molecule has 0 amide bonds. The van der Waals surface area contributed by atoms with E-state index in [4.69, 9.17) is 4.74 Å². The van der Waals surface area contributed by atoms with E-state index in [1.807, 2.05) is 0 Å². The van der Waals surface area contributed by atoms with Crippen molar-refractivity contribution in [3.05, 3.63) is 41.7 Å². The van der Waals surface area contributed by atoms with E-state index >= 15 is 0 Å². The zero-order valence-corrected chi connectivity index (χ0v) is 16.5. The average Bonchev–Trinajstić information content (AvgIpc) is 2.67. The molecule has 2 aromatic carbocycles. The Kier molecular flexibility index (Phi) is 6.01. The highest BCUT2D eigenvalue weighted by Crippen LogP contribution is 2.36. The highest BCUT2D eigenvalue weighted by molar-refractivity contribution is 6.06. The van der Waals surface area contributed by atoms with Gasteiger partial charge in [-0.3, -0.25) is 9.59 Å². The smallest absolute Gasteiger partial charge is 0.309 e. The van der Waals surface area contributed by atoms with Crippen LogP contribution >= 0.6 is 0 Å². The number of Topliss-reactive ketones (excluding diaryl/α,β-unsaturated/α-hetero) is 1. The molecule has 0 bridgehead atoms. The van der Waals surface area contributed by atoms with Gasteiger partial charge >= 0.3 is 5.97 Å². The predicted molar refractivity (Wildman–Crippen MR) is 106 cm³/mol. The third-order valence-electron chi connectivity index (χ3n) is 5.61. The Bertz CT molecular complexity index is 882. The van der Waals surface area contributed by atoms with E-state index in [1.165, 1.54) is 39.2 Å². The van der Waals surface area contributed by atoms with Gasteiger partial charge in [0.2, 0.25) is 0 Å². The Morgan fingerprint density at radius 1 is 1.14 bits per heavy atom. The Hall–Kier alpha value is -2.43. The summed E-state index contributed by atoms with van der Waals surface area (Å²) in [6.45, 7) is 3.47. The van der Waals surface area contributed by atoms with Gasteiger partial charge in [-0.05, 0) is 38.7 Å². The van der Waals surface area contributed by atoms with Gasteiger partial charge in [0.15, 0.2) is 5.78 Å². The molecule has 2 aromatic rings. The minimum Gasteiger partial charge on any atom is -0.492 e. The van der Waals surface area contributed by atoms with Crippen LogP contribution in [0, 0.1) is 17.2 Å². The van der Waals surface area contributed by atoms with Gasteiger partial charge in [-0.15, -0.1) is 0 Å². The van der Waals surface area contributed by atoms with E-state index in [2.05, 4.69) is 0 Å². The van der Waals surface area contributed by atoms with E-state index in [9.17, 15) is 19.1 Å². The molecular weight excluding hydrogens is 359 g/mol. The summed E-state index contributed by atoms with van der Waals surface area (Å²) < 4.78 is 20.8. The SMILES string of the molecule is CC(C)(CC(=O)c1cc(F)c2ccccc2c1OCC1CCCCC1)C(=O)O. The molecule has 1 aliphatic carbocycles. The molecule has 0 unspecified atom stereocenters. The largest absolute Gasteiger partial charge is 0.492 e. The third kappa shape index (κ3) is 4.34. The molecule has 1 saturated carbocycles. The second-order valence-corrected chi connectivity index (χ2v) is 8.38. The van der Waals surface area contributed by atoms with Gasteiger partial charge in [0, 0.05) is 17.2 Å². The monoisotopic (exact) mass is 386 g/mol. The van der Waals surface area contributed by atoms with Crippen LogP contribution in [0.15, 0.2) is 30.3 Å². The average molecular weight is 386 g/mol. The second-order valence-electron chi connectivity index (χ2n) is 8.38. The molecule has 5 heteroatoms. The maximum atomic E-state index is 14.6. The molecule has 150 valence electrons. The molecule has 1 aliphatic rings. The van der Waals surface area contributed by atoms with Crippen molar-refractivity contribution in [3.63, 3.8) is 0 Å². The van der Waals surface area contributed by atoms with Gasteiger partial charge in [0.25, 0.3) is 0 Å². The maximum absolute atomic E-state index is 14.6. The summed E-state index contributed by atoms with van der Waals surface area (Å²) in [7, 11) is 0. The summed E-state index contributed by atoms with van der Waals surface area (Å²) in [6.07, 6.45) is 5.56. The fourth-order valence-corrected chi connectivity index (χ4v) is 3.79. The van der Waals surface area contributed by atoms with Crippen molar-refractivity contribution < 1.29 is 23.8 Å². The normalized spacial score (nSPS) is 15.5. The van der Waals surface area contributed by atoms with E-state index in [0.29, 0.717) is 29.0 Å². The number of benzene rings is 2. The van der Waals surface area contributed by atoms with Crippen molar-refractivity contribution in [1.82, 2.24) is 0 Å². The number of hydrogen-bond donors (Lipinski definition) is 1. The van der Waals surface area contributed by atoms with Crippen molar-refractivity contribution in [1.29, 1.82) is 0 Å². The number of ketones is 1. The number of carbonyl (C=O) groups excluding carboxylic acids is 1. The van der Waals surface area contributed by atoms with Crippen molar-refractivity contribution in [2.45, 2.75) is 52.4 Å². The quantitative estimate of drug-likeness (QED) is 0.627. The number of carbonyl (C=O) groups is 2. The van der Waals surface area contributed by atoms with Crippen LogP contribution in [0.4, 0.5) is 4.39 Å². The first-order chi connectivity index (χ1) is 13.3. The number of carboxylic acid groups (broad SMARTS) is 1. The van der Waals surface area contributed by atoms with Crippen LogP contribution in [0.5, 0.6) is 5.75 Å². The molecule has 0 spiro atoms. The molecule has 0 aliphatic heterocycles. The first-order valence-electron chi connectivity index (χ1n) is 9.90. The van der Waals surface area contributed by atoms with Crippen molar-refractivity contribution in [3.8, 4) is 5.75 Å². The number of ether oxygens (including phenoxy) is 1. The number of carboxylic acids is 1. The first-order valence-corrected chi connectivity index (χ1v) is 9.90. The molecule has 0 saturated heterocycles.